The van der Waals surface area contributed by atoms with Gasteiger partial charge in [0.15, 0.2) is 0 Å². The molecule has 0 spiro atoms. The Morgan fingerprint density at radius 1 is 1.21 bits per heavy atom. The molecule has 1 aliphatic rings. The van der Waals surface area contributed by atoms with Crippen molar-refractivity contribution in [1.29, 1.82) is 0 Å². The molecule has 14 heavy (non-hydrogen) atoms. The van der Waals surface area contributed by atoms with Gasteiger partial charge in [-0.25, -0.2) is 0 Å². The third-order valence-electron chi connectivity index (χ3n) is 3.33. The summed E-state index contributed by atoms with van der Waals surface area (Å²) in [7, 11) is 0. The highest BCUT2D eigenvalue weighted by Crippen LogP contribution is 2.27. The Bertz CT molecular complexity index is 133. The first-order chi connectivity index (χ1) is 6.88. The van der Waals surface area contributed by atoms with Crippen molar-refractivity contribution in [3.8, 4) is 0 Å². The van der Waals surface area contributed by atoms with Gasteiger partial charge in [0, 0.05) is 11.9 Å². The molecule has 1 rings (SSSR count). The van der Waals surface area contributed by atoms with E-state index in [1.54, 1.807) is 0 Å². The molecule has 0 aromatic rings. The van der Waals surface area contributed by atoms with E-state index in [4.69, 9.17) is 17.4 Å². The van der Waals surface area contributed by atoms with Crippen molar-refractivity contribution in [2.75, 3.05) is 5.88 Å². The first kappa shape index (κ1) is 12.3. The maximum Gasteiger partial charge on any atom is 0.0239 e. The Labute approximate surface area is 92.5 Å². The molecule has 84 valence electrons. The van der Waals surface area contributed by atoms with Crippen molar-refractivity contribution in [3.05, 3.63) is 0 Å². The number of halogens is 1. The van der Waals surface area contributed by atoms with Crippen molar-refractivity contribution < 1.29 is 0 Å². The minimum Gasteiger partial charge on any atom is -0.271 e. The second kappa shape index (κ2) is 7.49. The summed E-state index contributed by atoms with van der Waals surface area (Å²) < 4.78 is 0. The van der Waals surface area contributed by atoms with Crippen LogP contribution in [0.4, 0.5) is 0 Å². The molecule has 1 fully saturated rings. The lowest BCUT2D eigenvalue weighted by Gasteiger charge is -2.25. The molecular weight excluding hydrogens is 196 g/mol. The first-order valence-electron chi connectivity index (χ1n) is 5.90. The van der Waals surface area contributed by atoms with Crippen LogP contribution >= 0.6 is 11.6 Å². The van der Waals surface area contributed by atoms with Crippen LogP contribution in [0.3, 0.4) is 0 Å². The summed E-state index contributed by atoms with van der Waals surface area (Å²) in [5.74, 6) is 7.14. The van der Waals surface area contributed by atoms with Gasteiger partial charge in [-0.15, -0.1) is 11.6 Å². The van der Waals surface area contributed by atoms with Gasteiger partial charge >= 0.3 is 0 Å². The molecule has 1 aliphatic carbocycles. The van der Waals surface area contributed by atoms with Crippen molar-refractivity contribution >= 4 is 11.6 Å². The van der Waals surface area contributed by atoms with Crippen LogP contribution in [0.2, 0.25) is 0 Å². The summed E-state index contributed by atoms with van der Waals surface area (Å²) >= 11 is 5.71. The van der Waals surface area contributed by atoms with Crippen LogP contribution in [0.15, 0.2) is 0 Å². The van der Waals surface area contributed by atoms with E-state index >= 15 is 0 Å². The molecular formula is C11H23ClN2. The maximum atomic E-state index is 5.71. The Kier molecular flexibility index (Phi) is 6.57. The number of hydrogen-bond donors (Lipinski definition) is 2. The van der Waals surface area contributed by atoms with Gasteiger partial charge in [-0.3, -0.25) is 11.3 Å². The second-order valence-corrected chi connectivity index (χ2v) is 4.73. The zero-order valence-corrected chi connectivity index (χ0v) is 9.73. The zero-order valence-electron chi connectivity index (χ0n) is 8.97. The molecule has 2 nitrogen and oxygen atoms in total. The summed E-state index contributed by atoms with van der Waals surface area (Å²) in [5.41, 5.74) is 2.98. The van der Waals surface area contributed by atoms with Crippen LogP contribution in [-0.2, 0) is 0 Å². The number of alkyl halides is 1. The smallest absolute Gasteiger partial charge is 0.0239 e. The fourth-order valence-electron chi connectivity index (χ4n) is 2.47. The molecule has 0 bridgehead atoms. The SMILES string of the molecule is NNC(CCCCl)C1CCCCCC1. The van der Waals surface area contributed by atoms with E-state index in [1.165, 1.54) is 38.5 Å². The summed E-state index contributed by atoms with van der Waals surface area (Å²) in [4.78, 5) is 0. The summed E-state index contributed by atoms with van der Waals surface area (Å²) in [6.07, 6.45) is 10.5. The van der Waals surface area contributed by atoms with Crippen molar-refractivity contribution in [2.24, 2.45) is 11.8 Å². The van der Waals surface area contributed by atoms with E-state index in [2.05, 4.69) is 5.43 Å². The normalized spacial score (nSPS) is 21.9. The Balaban J connectivity index is 2.32. The third kappa shape index (κ3) is 4.16. The molecule has 1 unspecified atom stereocenters. The van der Waals surface area contributed by atoms with Crippen LogP contribution in [-0.4, -0.2) is 11.9 Å². The fraction of sp³-hybridized carbons (Fsp3) is 1.00. The molecule has 3 N–H and O–H groups in total. The number of hydrazine groups is 1. The molecule has 1 saturated carbocycles. The Morgan fingerprint density at radius 3 is 2.36 bits per heavy atom. The predicted octanol–water partition coefficient (Wildman–Crippen LogP) is 2.81. The number of rotatable bonds is 5. The molecule has 0 saturated heterocycles. The highest BCUT2D eigenvalue weighted by Gasteiger charge is 2.20. The molecule has 0 aromatic carbocycles. The first-order valence-corrected chi connectivity index (χ1v) is 6.44. The molecule has 0 aromatic heterocycles. The van der Waals surface area contributed by atoms with Gasteiger partial charge in [0.1, 0.15) is 0 Å². The number of nitrogens with one attached hydrogen (secondary N) is 1. The van der Waals surface area contributed by atoms with Crippen LogP contribution in [0, 0.1) is 5.92 Å². The predicted molar refractivity (Wildman–Crippen MR) is 62.3 cm³/mol. The molecule has 3 heteroatoms. The average Bonchev–Trinajstić information content (AvgIpc) is 2.48. The van der Waals surface area contributed by atoms with Crippen molar-refractivity contribution in [3.63, 3.8) is 0 Å². The van der Waals surface area contributed by atoms with Crippen LogP contribution in [0.25, 0.3) is 0 Å². The molecule has 0 aliphatic heterocycles. The average molecular weight is 219 g/mol. The van der Waals surface area contributed by atoms with E-state index in [0.29, 0.717) is 6.04 Å². The van der Waals surface area contributed by atoms with Gasteiger partial charge in [0.25, 0.3) is 0 Å². The zero-order chi connectivity index (χ0) is 10.2. The minimum atomic E-state index is 0.492. The van der Waals surface area contributed by atoms with Crippen molar-refractivity contribution in [1.82, 2.24) is 5.43 Å². The van der Waals surface area contributed by atoms with Gasteiger partial charge in [-0.1, -0.05) is 25.7 Å². The molecule has 1 atom stereocenters. The number of hydrogen-bond acceptors (Lipinski definition) is 2. The van der Waals surface area contributed by atoms with Crippen LogP contribution in [0.5, 0.6) is 0 Å². The molecule has 0 amide bonds. The van der Waals surface area contributed by atoms with Crippen molar-refractivity contribution in [2.45, 2.75) is 57.4 Å². The highest BCUT2D eigenvalue weighted by molar-refractivity contribution is 6.17. The van der Waals surface area contributed by atoms with E-state index in [-0.39, 0.29) is 0 Å². The van der Waals surface area contributed by atoms with Gasteiger partial charge in [-0.2, -0.15) is 0 Å². The molecule has 0 heterocycles. The largest absolute Gasteiger partial charge is 0.271 e. The van der Waals surface area contributed by atoms with E-state index in [1.807, 2.05) is 0 Å². The monoisotopic (exact) mass is 218 g/mol. The second-order valence-electron chi connectivity index (χ2n) is 4.36. The third-order valence-corrected chi connectivity index (χ3v) is 3.60. The van der Waals surface area contributed by atoms with Gasteiger partial charge in [-0.05, 0) is 31.6 Å². The standard InChI is InChI=1S/C11H23ClN2/c12-9-5-8-11(14-13)10-6-3-1-2-4-7-10/h10-11,14H,1-9,13H2. The van der Waals surface area contributed by atoms with Gasteiger partial charge in [0.2, 0.25) is 0 Å². The van der Waals surface area contributed by atoms with Gasteiger partial charge in [0.05, 0.1) is 0 Å². The minimum absolute atomic E-state index is 0.492. The highest BCUT2D eigenvalue weighted by atomic mass is 35.5. The van der Waals surface area contributed by atoms with E-state index < -0.39 is 0 Å². The lowest BCUT2D eigenvalue weighted by atomic mass is 9.89. The van der Waals surface area contributed by atoms with Gasteiger partial charge < -0.3 is 0 Å². The topological polar surface area (TPSA) is 38.0 Å². The lowest BCUT2D eigenvalue weighted by Crippen LogP contribution is -2.40. The maximum absolute atomic E-state index is 5.71. The van der Waals surface area contributed by atoms with Crippen LogP contribution in [0.1, 0.15) is 51.4 Å². The van der Waals surface area contributed by atoms with E-state index in [0.717, 1.165) is 24.6 Å². The quantitative estimate of drug-likeness (QED) is 0.322. The molecule has 0 radical (unpaired) electrons. The number of nitrogens with two attached hydrogens (primary N) is 1. The lowest BCUT2D eigenvalue weighted by molar-refractivity contribution is 0.306. The summed E-state index contributed by atoms with van der Waals surface area (Å²) in [6.45, 7) is 0. The van der Waals surface area contributed by atoms with E-state index in [9.17, 15) is 0 Å². The Morgan fingerprint density at radius 2 is 1.86 bits per heavy atom. The Hall–Kier alpha value is 0.210. The summed E-state index contributed by atoms with van der Waals surface area (Å²) in [5, 5.41) is 0. The van der Waals surface area contributed by atoms with Crippen LogP contribution < -0.4 is 11.3 Å². The summed E-state index contributed by atoms with van der Waals surface area (Å²) in [6, 6.07) is 0.492. The fourth-order valence-corrected chi connectivity index (χ4v) is 2.62.